The second-order valence-electron chi connectivity index (χ2n) is 7.19. The van der Waals surface area contributed by atoms with Gasteiger partial charge in [0.05, 0.1) is 11.3 Å². The number of hydrogen-bond acceptors (Lipinski definition) is 3. The average molecular weight is 407 g/mol. The fourth-order valence-corrected chi connectivity index (χ4v) is 3.42. The van der Waals surface area contributed by atoms with Gasteiger partial charge in [0.1, 0.15) is 18.2 Å². The van der Waals surface area contributed by atoms with Crippen molar-refractivity contribution in [2.45, 2.75) is 46.1 Å². The molecule has 5 heteroatoms. The fourth-order valence-electron chi connectivity index (χ4n) is 3.42. The van der Waals surface area contributed by atoms with Crippen molar-refractivity contribution in [3.05, 3.63) is 82.9 Å². The second-order valence-corrected chi connectivity index (χ2v) is 7.19. The van der Waals surface area contributed by atoms with E-state index in [0.717, 1.165) is 19.3 Å². The predicted octanol–water partition coefficient (Wildman–Crippen LogP) is 6.07. The number of carbonyl (C=O) groups is 1. The summed E-state index contributed by atoms with van der Waals surface area (Å²) < 4.78 is 20.2. The predicted molar refractivity (Wildman–Crippen MR) is 115 cm³/mol. The first-order chi connectivity index (χ1) is 14.5. The highest BCUT2D eigenvalue weighted by molar-refractivity contribution is 5.91. The van der Waals surface area contributed by atoms with E-state index in [1.165, 1.54) is 17.7 Å². The number of aromatic carboxylic acids is 1. The Morgan fingerprint density at radius 3 is 2.30 bits per heavy atom. The lowest BCUT2D eigenvalue weighted by molar-refractivity contribution is 0.0693. The quantitative estimate of drug-likeness (QED) is 0.468. The highest BCUT2D eigenvalue weighted by Gasteiger charge is 2.19. The summed E-state index contributed by atoms with van der Waals surface area (Å²) in [5.41, 5.74) is 3.13. The number of carboxylic acids is 1. The number of halogens is 1. The van der Waals surface area contributed by atoms with Gasteiger partial charge < -0.3 is 9.84 Å². The number of ether oxygens (including phenoxy) is 1. The minimum absolute atomic E-state index is 0.0238. The number of aromatic nitrogens is 1. The first-order valence-electron chi connectivity index (χ1n) is 10.3. The largest absolute Gasteiger partial charge is 0.487 e. The summed E-state index contributed by atoms with van der Waals surface area (Å²) in [5, 5.41) is 9.73. The molecule has 156 valence electrons. The maximum atomic E-state index is 14.4. The van der Waals surface area contributed by atoms with Crippen LogP contribution in [-0.2, 0) is 19.4 Å². The topological polar surface area (TPSA) is 59.4 Å². The molecule has 0 fully saturated rings. The van der Waals surface area contributed by atoms with Crippen LogP contribution in [0.25, 0.3) is 11.1 Å². The van der Waals surface area contributed by atoms with Gasteiger partial charge in [0.2, 0.25) is 0 Å². The first kappa shape index (κ1) is 21.5. The summed E-state index contributed by atoms with van der Waals surface area (Å²) in [7, 11) is 0. The highest BCUT2D eigenvalue weighted by atomic mass is 19.1. The Kier molecular flexibility index (Phi) is 7.17. The van der Waals surface area contributed by atoms with E-state index < -0.39 is 11.8 Å². The van der Waals surface area contributed by atoms with Gasteiger partial charge in [-0.25, -0.2) is 9.18 Å². The van der Waals surface area contributed by atoms with Crippen LogP contribution < -0.4 is 4.74 Å². The second kappa shape index (κ2) is 10.0. The molecule has 2 aromatic carbocycles. The number of nitrogens with zero attached hydrogens (tertiary/aromatic N) is 1. The average Bonchev–Trinajstić information content (AvgIpc) is 2.74. The number of hydrogen-bond donors (Lipinski definition) is 1. The van der Waals surface area contributed by atoms with Gasteiger partial charge >= 0.3 is 5.97 Å². The summed E-state index contributed by atoms with van der Waals surface area (Å²) in [6, 6.07) is 15.6. The molecule has 0 amide bonds. The van der Waals surface area contributed by atoms with Crippen molar-refractivity contribution in [3.63, 3.8) is 0 Å². The maximum absolute atomic E-state index is 14.4. The van der Waals surface area contributed by atoms with Gasteiger partial charge in [-0.05, 0) is 42.7 Å². The maximum Gasteiger partial charge on any atom is 0.337 e. The molecule has 0 saturated carbocycles. The van der Waals surface area contributed by atoms with Crippen LogP contribution in [0.3, 0.4) is 0 Å². The van der Waals surface area contributed by atoms with E-state index in [-0.39, 0.29) is 12.2 Å². The number of rotatable bonds is 9. The lowest BCUT2D eigenvalue weighted by Crippen LogP contribution is -2.11. The van der Waals surface area contributed by atoms with Crippen molar-refractivity contribution in [1.82, 2.24) is 4.98 Å². The zero-order valence-electron chi connectivity index (χ0n) is 17.3. The summed E-state index contributed by atoms with van der Waals surface area (Å²) in [4.78, 5) is 16.5. The Balaban J connectivity index is 1.94. The third-order valence-electron chi connectivity index (χ3n) is 4.90. The zero-order valence-corrected chi connectivity index (χ0v) is 17.3. The van der Waals surface area contributed by atoms with Crippen molar-refractivity contribution in [3.8, 4) is 16.9 Å². The van der Waals surface area contributed by atoms with Gasteiger partial charge in [0.15, 0.2) is 0 Å². The number of carboxylic acid groups (broad SMARTS) is 1. The molecule has 3 rings (SSSR count). The first-order valence-corrected chi connectivity index (χ1v) is 10.3. The van der Waals surface area contributed by atoms with Gasteiger partial charge in [-0.1, -0.05) is 57.0 Å². The monoisotopic (exact) mass is 407 g/mol. The molecule has 0 atom stereocenters. The van der Waals surface area contributed by atoms with Crippen molar-refractivity contribution >= 4 is 5.97 Å². The minimum Gasteiger partial charge on any atom is -0.487 e. The molecular formula is C25H26FNO3. The van der Waals surface area contributed by atoms with E-state index in [4.69, 9.17) is 4.74 Å². The van der Waals surface area contributed by atoms with E-state index in [0.29, 0.717) is 34.7 Å². The Morgan fingerprint density at radius 2 is 1.67 bits per heavy atom. The third kappa shape index (κ3) is 5.03. The Labute approximate surface area is 176 Å². The molecule has 0 radical (unpaired) electrons. The lowest BCUT2D eigenvalue weighted by Gasteiger charge is -2.15. The zero-order chi connectivity index (χ0) is 21.5. The van der Waals surface area contributed by atoms with Crippen LogP contribution in [0.1, 0.15) is 54.0 Å². The van der Waals surface area contributed by atoms with E-state index >= 15 is 0 Å². The summed E-state index contributed by atoms with van der Waals surface area (Å²) in [6.07, 6.45) is 3.49. The van der Waals surface area contributed by atoms with Crippen LogP contribution >= 0.6 is 0 Å². The van der Waals surface area contributed by atoms with Crippen molar-refractivity contribution < 1.29 is 19.0 Å². The van der Waals surface area contributed by atoms with Crippen molar-refractivity contribution in [1.29, 1.82) is 0 Å². The van der Waals surface area contributed by atoms with Crippen LogP contribution in [0, 0.1) is 5.82 Å². The Bertz CT molecular complexity index is 1020. The van der Waals surface area contributed by atoms with Crippen LogP contribution in [0.4, 0.5) is 4.39 Å². The molecule has 4 nitrogen and oxygen atoms in total. The molecule has 1 heterocycles. The number of benzene rings is 2. The van der Waals surface area contributed by atoms with Crippen molar-refractivity contribution in [2.75, 3.05) is 0 Å². The molecule has 0 aliphatic carbocycles. The Hall–Kier alpha value is -3.21. The van der Waals surface area contributed by atoms with E-state index in [1.54, 1.807) is 18.2 Å². The molecular weight excluding hydrogens is 381 g/mol. The number of pyridine rings is 1. The lowest BCUT2D eigenvalue weighted by atomic mass is 9.97. The Morgan fingerprint density at radius 1 is 0.967 bits per heavy atom. The molecule has 3 aromatic rings. The molecule has 0 aliphatic heterocycles. The van der Waals surface area contributed by atoms with Gasteiger partial charge in [0.25, 0.3) is 0 Å². The third-order valence-corrected chi connectivity index (χ3v) is 4.90. The van der Waals surface area contributed by atoms with Gasteiger partial charge in [0, 0.05) is 16.8 Å². The van der Waals surface area contributed by atoms with Crippen LogP contribution in [-0.4, -0.2) is 16.1 Å². The minimum atomic E-state index is -1.11. The van der Waals surface area contributed by atoms with Crippen LogP contribution in [0.15, 0.2) is 54.6 Å². The van der Waals surface area contributed by atoms with E-state index in [9.17, 15) is 14.3 Å². The van der Waals surface area contributed by atoms with E-state index in [1.807, 2.05) is 31.2 Å². The SMILES string of the molecule is CCCc1ccc(OCc2nc(CCC)c(-c3ccccc3F)cc2C(=O)O)cc1. The number of aryl methyl sites for hydroxylation is 2. The molecule has 0 aliphatic rings. The molecule has 0 bridgehead atoms. The fraction of sp³-hybridized carbons (Fsp3) is 0.280. The molecule has 30 heavy (non-hydrogen) atoms. The molecule has 0 spiro atoms. The van der Waals surface area contributed by atoms with Crippen LogP contribution in [0.2, 0.25) is 0 Å². The van der Waals surface area contributed by atoms with E-state index in [2.05, 4.69) is 11.9 Å². The molecule has 1 aromatic heterocycles. The summed E-state index contributed by atoms with van der Waals surface area (Å²) in [5.74, 6) is -0.854. The van der Waals surface area contributed by atoms with Gasteiger partial charge in [-0.2, -0.15) is 0 Å². The van der Waals surface area contributed by atoms with Crippen molar-refractivity contribution in [2.24, 2.45) is 0 Å². The normalized spacial score (nSPS) is 10.8. The molecule has 1 N–H and O–H groups in total. The summed E-state index contributed by atoms with van der Waals surface area (Å²) in [6.45, 7) is 4.16. The molecule has 0 unspecified atom stereocenters. The summed E-state index contributed by atoms with van der Waals surface area (Å²) >= 11 is 0. The molecule has 0 saturated heterocycles. The standard InChI is InChI=1S/C25H26FNO3/c1-3-7-17-11-13-18(14-12-17)30-16-24-21(25(28)29)15-20(23(27-24)8-4-2)19-9-5-6-10-22(19)26/h5-6,9-15H,3-4,7-8,16H2,1-2H3,(H,28,29). The van der Waals surface area contributed by atoms with Crippen LogP contribution in [0.5, 0.6) is 5.75 Å². The van der Waals surface area contributed by atoms with Gasteiger partial charge in [-0.15, -0.1) is 0 Å². The highest BCUT2D eigenvalue weighted by Crippen LogP contribution is 2.29. The van der Waals surface area contributed by atoms with Gasteiger partial charge in [-0.3, -0.25) is 4.98 Å². The smallest absolute Gasteiger partial charge is 0.337 e.